The van der Waals surface area contributed by atoms with E-state index in [9.17, 15) is 5.11 Å². The van der Waals surface area contributed by atoms with E-state index in [0.29, 0.717) is 13.0 Å². The van der Waals surface area contributed by atoms with Gasteiger partial charge in [0, 0.05) is 29.3 Å². The quantitative estimate of drug-likeness (QED) is 0.885. The molecule has 1 N–H and O–H groups in total. The Hall–Kier alpha value is -0.450. The van der Waals surface area contributed by atoms with Gasteiger partial charge in [0.15, 0.2) is 0 Å². The van der Waals surface area contributed by atoms with Gasteiger partial charge in [-0.3, -0.25) is 4.98 Å². The van der Waals surface area contributed by atoms with Gasteiger partial charge in [0.25, 0.3) is 0 Å². The van der Waals surface area contributed by atoms with E-state index in [0.717, 1.165) is 10.2 Å². The minimum atomic E-state index is -0.348. The first-order valence-electron chi connectivity index (χ1n) is 4.51. The topological polar surface area (TPSA) is 36.4 Å². The summed E-state index contributed by atoms with van der Waals surface area (Å²) >= 11 is 3.32. The highest BCUT2D eigenvalue weighted by Gasteiger charge is 2.07. The molecule has 0 radical (unpaired) electrons. The Kier molecular flexibility index (Phi) is 4.51. The van der Waals surface area contributed by atoms with E-state index in [4.69, 9.17) is 0 Å². The molecule has 0 aliphatic heterocycles. The van der Waals surface area contributed by atoms with Crippen LogP contribution in [0.5, 0.6) is 0 Å². The third kappa shape index (κ3) is 4.17. The summed E-state index contributed by atoms with van der Waals surface area (Å²) in [5.41, 5.74) is 0.919. The van der Waals surface area contributed by atoms with Gasteiger partial charge in [-0.15, -0.1) is 0 Å². The van der Waals surface area contributed by atoms with Crippen LogP contribution in [0.15, 0.2) is 22.8 Å². The number of rotatable bonds is 4. The molecule has 1 atom stereocenters. The van der Waals surface area contributed by atoms with Crippen molar-refractivity contribution in [2.45, 2.75) is 12.5 Å². The molecule has 0 saturated heterocycles. The van der Waals surface area contributed by atoms with E-state index in [1.807, 2.05) is 31.1 Å². The molecule has 1 heterocycles. The largest absolute Gasteiger partial charge is 0.391 e. The van der Waals surface area contributed by atoms with Crippen LogP contribution in [0.3, 0.4) is 0 Å². The van der Waals surface area contributed by atoms with Crippen molar-refractivity contribution in [1.82, 2.24) is 9.88 Å². The van der Waals surface area contributed by atoms with Crippen LogP contribution in [0.4, 0.5) is 0 Å². The molecule has 4 heteroatoms. The molecule has 0 aliphatic rings. The molecule has 0 saturated carbocycles. The number of hydrogen-bond donors (Lipinski definition) is 1. The summed E-state index contributed by atoms with van der Waals surface area (Å²) in [6, 6.07) is 3.85. The molecule has 0 amide bonds. The van der Waals surface area contributed by atoms with Gasteiger partial charge in [0.2, 0.25) is 0 Å². The Morgan fingerprint density at radius 3 is 2.71 bits per heavy atom. The Morgan fingerprint density at radius 1 is 1.50 bits per heavy atom. The molecule has 14 heavy (non-hydrogen) atoms. The third-order valence-corrected chi connectivity index (χ3v) is 2.28. The average Bonchev–Trinajstić information content (AvgIpc) is 2.07. The molecule has 1 aromatic heterocycles. The second-order valence-corrected chi connectivity index (χ2v) is 4.50. The fourth-order valence-electron chi connectivity index (χ4n) is 1.25. The van der Waals surface area contributed by atoms with Crippen molar-refractivity contribution >= 4 is 15.9 Å². The lowest BCUT2D eigenvalue weighted by molar-refractivity contribution is 0.136. The van der Waals surface area contributed by atoms with Crippen LogP contribution < -0.4 is 0 Å². The van der Waals surface area contributed by atoms with Crippen LogP contribution in [-0.4, -0.2) is 41.7 Å². The number of nitrogens with zero attached hydrogens (tertiary/aromatic N) is 2. The SMILES string of the molecule is CN(C)CC(O)Cc1ccc(Br)cn1. The molecule has 1 unspecified atom stereocenters. The van der Waals surface area contributed by atoms with Gasteiger partial charge in [-0.2, -0.15) is 0 Å². The maximum atomic E-state index is 9.65. The lowest BCUT2D eigenvalue weighted by Crippen LogP contribution is -2.27. The van der Waals surface area contributed by atoms with Crippen molar-refractivity contribution in [2.75, 3.05) is 20.6 Å². The number of aliphatic hydroxyl groups excluding tert-OH is 1. The van der Waals surface area contributed by atoms with Gasteiger partial charge < -0.3 is 10.0 Å². The van der Waals surface area contributed by atoms with E-state index in [1.54, 1.807) is 6.20 Å². The number of hydrogen-bond acceptors (Lipinski definition) is 3. The van der Waals surface area contributed by atoms with Gasteiger partial charge in [-0.05, 0) is 42.2 Å². The first kappa shape index (κ1) is 11.6. The molecule has 0 fully saturated rings. The molecular formula is C10H15BrN2O. The van der Waals surface area contributed by atoms with E-state index in [1.165, 1.54) is 0 Å². The number of aromatic nitrogens is 1. The lowest BCUT2D eigenvalue weighted by Gasteiger charge is -2.15. The molecule has 78 valence electrons. The fraction of sp³-hybridized carbons (Fsp3) is 0.500. The first-order chi connectivity index (χ1) is 6.58. The zero-order valence-electron chi connectivity index (χ0n) is 8.44. The highest BCUT2D eigenvalue weighted by atomic mass is 79.9. The van der Waals surface area contributed by atoms with Crippen LogP contribution in [0.1, 0.15) is 5.69 Å². The Morgan fingerprint density at radius 2 is 2.21 bits per heavy atom. The molecule has 1 aromatic rings. The van der Waals surface area contributed by atoms with Crippen LogP contribution in [0, 0.1) is 0 Å². The Labute approximate surface area is 92.9 Å². The molecule has 1 rings (SSSR count). The highest BCUT2D eigenvalue weighted by molar-refractivity contribution is 9.10. The summed E-state index contributed by atoms with van der Waals surface area (Å²) in [7, 11) is 3.89. The number of aliphatic hydroxyl groups is 1. The van der Waals surface area contributed by atoms with E-state index < -0.39 is 0 Å². The van der Waals surface area contributed by atoms with Crippen LogP contribution >= 0.6 is 15.9 Å². The zero-order chi connectivity index (χ0) is 10.6. The first-order valence-corrected chi connectivity index (χ1v) is 5.30. The van der Waals surface area contributed by atoms with Crippen molar-refractivity contribution in [1.29, 1.82) is 0 Å². The zero-order valence-corrected chi connectivity index (χ0v) is 10.0. The maximum Gasteiger partial charge on any atom is 0.0722 e. The number of likely N-dealkylation sites (N-methyl/N-ethyl adjacent to an activating group) is 1. The molecule has 0 aliphatic carbocycles. The van der Waals surface area contributed by atoms with Gasteiger partial charge in [0.05, 0.1) is 6.10 Å². The van der Waals surface area contributed by atoms with E-state index in [-0.39, 0.29) is 6.10 Å². The van der Waals surface area contributed by atoms with Crippen LogP contribution in [0.2, 0.25) is 0 Å². The Bertz CT molecular complexity index is 274. The normalized spacial score (nSPS) is 13.2. The van der Waals surface area contributed by atoms with Gasteiger partial charge in [0.1, 0.15) is 0 Å². The Balaban J connectivity index is 2.47. The van der Waals surface area contributed by atoms with Crippen LogP contribution in [-0.2, 0) is 6.42 Å². The molecular weight excluding hydrogens is 244 g/mol. The predicted molar refractivity (Wildman–Crippen MR) is 60.2 cm³/mol. The fourth-order valence-corrected chi connectivity index (χ4v) is 1.49. The van der Waals surface area contributed by atoms with Crippen molar-refractivity contribution in [3.05, 3.63) is 28.5 Å². The second kappa shape index (κ2) is 5.44. The van der Waals surface area contributed by atoms with Gasteiger partial charge in [-0.25, -0.2) is 0 Å². The number of pyridine rings is 1. The van der Waals surface area contributed by atoms with Crippen molar-refractivity contribution in [3.8, 4) is 0 Å². The molecule has 3 nitrogen and oxygen atoms in total. The minimum absolute atomic E-state index is 0.348. The average molecular weight is 259 g/mol. The lowest BCUT2D eigenvalue weighted by atomic mass is 10.2. The monoisotopic (exact) mass is 258 g/mol. The van der Waals surface area contributed by atoms with Crippen LogP contribution in [0.25, 0.3) is 0 Å². The minimum Gasteiger partial charge on any atom is -0.391 e. The standard InChI is InChI=1S/C10H15BrN2O/c1-13(2)7-10(14)5-9-4-3-8(11)6-12-9/h3-4,6,10,14H,5,7H2,1-2H3. The van der Waals surface area contributed by atoms with Gasteiger partial charge >= 0.3 is 0 Å². The second-order valence-electron chi connectivity index (χ2n) is 3.59. The smallest absolute Gasteiger partial charge is 0.0722 e. The molecule has 0 aromatic carbocycles. The summed E-state index contributed by atoms with van der Waals surface area (Å²) in [6.07, 6.45) is 2.00. The van der Waals surface area contributed by atoms with Crippen molar-refractivity contribution < 1.29 is 5.11 Å². The van der Waals surface area contributed by atoms with Crippen molar-refractivity contribution in [3.63, 3.8) is 0 Å². The third-order valence-electron chi connectivity index (χ3n) is 1.81. The summed E-state index contributed by atoms with van der Waals surface area (Å²) in [4.78, 5) is 6.16. The number of halogens is 1. The molecule has 0 spiro atoms. The van der Waals surface area contributed by atoms with E-state index >= 15 is 0 Å². The highest BCUT2D eigenvalue weighted by Crippen LogP contribution is 2.08. The predicted octanol–water partition coefficient (Wildman–Crippen LogP) is 1.31. The van der Waals surface area contributed by atoms with E-state index in [2.05, 4.69) is 20.9 Å². The van der Waals surface area contributed by atoms with Crippen molar-refractivity contribution in [2.24, 2.45) is 0 Å². The molecule has 0 bridgehead atoms. The summed E-state index contributed by atoms with van der Waals surface area (Å²) in [6.45, 7) is 0.664. The maximum absolute atomic E-state index is 9.65. The summed E-state index contributed by atoms with van der Waals surface area (Å²) < 4.78 is 0.961. The van der Waals surface area contributed by atoms with Gasteiger partial charge in [-0.1, -0.05) is 0 Å². The summed E-state index contributed by atoms with van der Waals surface area (Å²) in [5, 5.41) is 9.65. The summed E-state index contributed by atoms with van der Waals surface area (Å²) in [5.74, 6) is 0.